The van der Waals surface area contributed by atoms with Crippen LogP contribution in [0.1, 0.15) is 31.2 Å². The minimum Gasteiger partial charge on any atom is -0.337 e. The van der Waals surface area contributed by atoms with Gasteiger partial charge in [-0.15, -0.1) is 0 Å². The smallest absolute Gasteiger partial charge is 0.228 e. The molecule has 1 amide bonds. The SMILES string of the molecule is CC(C(=O)NC1(C#N)CCN(C)CC1)c1ccccc1. The fourth-order valence-electron chi connectivity index (χ4n) is 2.50. The Labute approximate surface area is 120 Å². The van der Waals surface area contributed by atoms with Gasteiger partial charge < -0.3 is 10.2 Å². The lowest BCUT2D eigenvalue weighted by molar-refractivity contribution is -0.124. The molecule has 1 saturated heterocycles. The number of nitrogens with zero attached hydrogens (tertiary/aromatic N) is 2. The first kappa shape index (κ1) is 14.5. The normalized spacial score (nSPS) is 19.9. The first-order chi connectivity index (χ1) is 9.56. The van der Waals surface area contributed by atoms with E-state index in [4.69, 9.17) is 0 Å². The Morgan fingerprint density at radius 1 is 1.35 bits per heavy atom. The molecule has 1 unspecified atom stereocenters. The summed E-state index contributed by atoms with van der Waals surface area (Å²) in [5.41, 5.74) is 0.276. The van der Waals surface area contributed by atoms with Gasteiger partial charge >= 0.3 is 0 Å². The predicted molar refractivity (Wildman–Crippen MR) is 78.1 cm³/mol. The summed E-state index contributed by atoms with van der Waals surface area (Å²) < 4.78 is 0. The molecule has 0 aromatic heterocycles. The van der Waals surface area contributed by atoms with Crippen molar-refractivity contribution in [1.82, 2.24) is 10.2 Å². The van der Waals surface area contributed by atoms with Gasteiger partial charge in [-0.05, 0) is 32.4 Å². The summed E-state index contributed by atoms with van der Waals surface area (Å²) in [5.74, 6) is -0.302. The Balaban J connectivity index is 2.05. The fraction of sp³-hybridized carbons (Fsp3) is 0.500. The molecule has 4 heteroatoms. The van der Waals surface area contributed by atoms with Crippen LogP contribution in [0.15, 0.2) is 30.3 Å². The van der Waals surface area contributed by atoms with E-state index in [9.17, 15) is 10.1 Å². The van der Waals surface area contributed by atoms with Crippen molar-refractivity contribution < 1.29 is 4.79 Å². The van der Waals surface area contributed by atoms with Crippen LogP contribution in [0.4, 0.5) is 0 Å². The Hall–Kier alpha value is -1.86. The van der Waals surface area contributed by atoms with Gasteiger partial charge in [-0.2, -0.15) is 5.26 Å². The van der Waals surface area contributed by atoms with Gasteiger partial charge in [0.25, 0.3) is 0 Å². The molecular formula is C16H21N3O. The lowest BCUT2D eigenvalue weighted by Gasteiger charge is -2.36. The zero-order valence-electron chi connectivity index (χ0n) is 12.1. The highest BCUT2D eigenvalue weighted by Gasteiger charge is 2.36. The summed E-state index contributed by atoms with van der Waals surface area (Å²) in [6.07, 6.45) is 1.38. The highest BCUT2D eigenvalue weighted by Crippen LogP contribution is 2.23. The van der Waals surface area contributed by atoms with Crippen molar-refractivity contribution in [3.05, 3.63) is 35.9 Å². The van der Waals surface area contributed by atoms with Crippen molar-refractivity contribution in [3.63, 3.8) is 0 Å². The first-order valence-corrected chi connectivity index (χ1v) is 7.03. The van der Waals surface area contributed by atoms with Crippen LogP contribution in [0.3, 0.4) is 0 Å². The van der Waals surface area contributed by atoms with Crippen LogP contribution in [0.5, 0.6) is 0 Å². The van der Waals surface area contributed by atoms with Crippen LogP contribution in [0, 0.1) is 11.3 Å². The van der Waals surface area contributed by atoms with Crippen molar-refractivity contribution in [3.8, 4) is 6.07 Å². The Bertz CT molecular complexity index is 498. The zero-order chi connectivity index (χ0) is 14.6. The van der Waals surface area contributed by atoms with E-state index in [0.29, 0.717) is 12.8 Å². The van der Waals surface area contributed by atoms with Crippen molar-refractivity contribution in [2.75, 3.05) is 20.1 Å². The summed E-state index contributed by atoms with van der Waals surface area (Å²) in [5, 5.41) is 12.4. The third-order valence-electron chi connectivity index (χ3n) is 4.11. The highest BCUT2D eigenvalue weighted by atomic mass is 16.2. The molecule has 1 heterocycles. The highest BCUT2D eigenvalue weighted by molar-refractivity contribution is 5.84. The van der Waals surface area contributed by atoms with E-state index in [2.05, 4.69) is 16.3 Å². The Kier molecular flexibility index (Phi) is 4.41. The number of carbonyl (C=O) groups excluding carboxylic acids is 1. The molecule has 1 fully saturated rings. The second-order valence-electron chi connectivity index (χ2n) is 5.62. The second-order valence-corrected chi connectivity index (χ2v) is 5.62. The third kappa shape index (κ3) is 3.17. The number of nitriles is 1. The van der Waals surface area contributed by atoms with Gasteiger partial charge in [-0.25, -0.2) is 0 Å². The lowest BCUT2D eigenvalue weighted by Crippen LogP contribution is -2.54. The van der Waals surface area contributed by atoms with Gasteiger partial charge in [0.1, 0.15) is 5.54 Å². The van der Waals surface area contributed by atoms with Crippen LogP contribution >= 0.6 is 0 Å². The molecule has 1 atom stereocenters. The molecule has 1 aromatic rings. The summed E-state index contributed by atoms with van der Waals surface area (Å²) >= 11 is 0. The largest absolute Gasteiger partial charge is 0.337 e. The number of amides is 1. The monoisotopic (exact) mass is 271 g/mol. The van der Waals surface area contributed by atoms with Crippen molar-refractivity contribution in [2.24, 2.45) is 0 Å². The summed E-state index contributed by atoms with van der Waals surface area (Å²) in [7, 11) is 2.04. The van der Waals surface area contributed by atoms with Crippen LogP contribution in [-0.4, -0.2) is 36.5 Å². The maximum Gasteiger partial charge on any atom is 0.228 e. The zero-order valence-corrected chi connectivity index (χ0v) is 12.1. The maximum absolute atomic E-state index is 12.4. The number of hydrogen-bond acceptors (Lipinski definition) is 3. The molecule has 0 radical (unpaired) electrons. The van der Waals surface area contributed by atoms with Gasteiger partial charge in [0.05, 0.1) is 12.0 Å². The average Bonchev–Trinajstić information content (AvgIpc) is 2.50. The molecule has 1 aromatic carbocycles. The molecule has 1 aliphatic heterocycles. The predicted octanol–water partition coefficient (Wildman–Crippen LogP) is 1.89. The first-order valence-electron chi connectivity index (χ1n) is 7.03. The molecule has 0 aliphatic carbocycles. The summed E-state index contributed by atoms with van der Waals surface area (Å²) in [6, 6.07) is 12.0. The van der Waals surface area contributed by atoms with Gasteiger partial charge in [0.2, 0.25) is 5.91 Å². The Morgan fingerprint density at radius 3 is 2.50 bits per heavy atom. The van der Waals surface area contributed by atoms with Crippen molar-refractivity contribution in [2.45, 2.75) is 31.2 Å². The standard InChI is InChI=1S/C16H21N3O/c1-13(14-6-4-3-5-7-14)15(20)18-16(12-17)8-10-19(2)11-9-16/h3-7,13H,8-11H2,1-2H3,(H,18,20). The van der Waals surface area contributed by atoms with E-state index in [1.807, 2.05) is 44.3 Å². The van der Waals surface area contributed by atoms with Gasteiger partial charge in [-0.3, -0.25) is 4.79 Å². The van der Waals surface area contributed by atoms with Gasteiger partial charge in [-0.1, -0.05) is 30.3 Å². The minimum atomic E-state index is -0.702. The number of likely N-dealkylation sites (tertiary alicyclic amines) is 1. The molecular weight excluding hydrogens is 250 g/mol. The molecule has 2 rings (SSSR count). The second kappa shape index (κ2) is 6.06. The molecule has 106 valence electrons. The maximum atomic E-state index is 12.4. The Morgan fingerprint density at radius 2 is 1.95 bits per heavy atom. The van der Waals surface area contributed by atoms with E-state index in [-0.39, 0.29) is 11.8 Å². The van der Waals surface area contributed by atoms with E-state index < -0.39 is 5.54 Å². The molecule has 0 bridgehead atoms. The third-order valence-corrected chi connectivity index (χ3v) is 4.11. The van der Waals surface area contributed by atoms with Crippen molar-refractivity contribution >= 4 is 5.91 Å². The van der Waals surface area contributed by atoms with Crippen molar-refractivity contribution in [1.29, 1.82) is 5.26 Å². The van der Waals surface area contributed by atoms with Gasteiger partial charge in [0.15, 0.2) is 0 Å². The molecule has 20 heavy (non-hydrogen) atoms. The van der Waals surface area contributed by atoms with Crippen LogP contribution in [0.2, 0.25) is 0 Å². The van der Waals surface area contributed by atoms with E-state index in [1.165, 1.54) is 0 Å². The average molecular weight is 271 g/mol. The number of rotatable bonds is 3. The number of nitrogens with one attached hydrogen (secondary N) is 1. The van der Waals surface area contributed by atoms with Crippen LogP contribution in [0.25, 0.3) is 0 Å². The molecule has 0 saturated carbocycles. The fourth-order valence-corrected chi connectivity index (χ4v) is 2.50. The lowest BCUT2D eigenvalue weighted by atomic mass is 9.88. The number of carbonyl (C=O) groups is 1. The minimum absolute atomic E-state index is 0.0673. The number of hydrogen-bond donors (Lipinski definition) is 1. The summed E-state index contributed by atoms with van der Waals surface area (Å²) in [6.45, 7) is 3.56. The number of benzene rings is 1. The molecule has 0 spiro atoms. The molecule has 1 N–H and O–H groups in total. The van der Waals surface area contributed by atoms with E-state index in [0.717, 1.165) is 18.7 Å². The number of piperidine rings is 1. The van der Waals surface area contributed by atoms with Crippen LogP contribution < -0.4 is 5.32 Å². The molecule has 1 aliphatic rings. The topological polar surface area (TPSA) is 56.1 Å². The summed E-state index contributed by atoms with van der Waals surface area (Å²) in [4.78, 5) is 14.6. The van der Waals surface area contributed by atoms with E-state index >= 15 is 0 Å². The van der Waals surface area contributed by atoms with E-state index in [1.54, 1.807) is 0 Å². The quantitative estimate of drug-likeness (QED) is 0.913. The van der Waals surface area contributed by atoms with Gasteiger partial charge in [0, 0.05) is 13.1 Å². The molecule has 4 nitrogen and oxygen atoms in total. The van der Waals surface area contributed by atoms with Crippen LogP contribution in [-0.2, 0) is 4.79 Å².